The molecular weight excluding hydrogens is 218 g/mol. The lowest BCUT2D eigenvalue weighted by molar-refractivity contribution is 0.318. The highest BCUT2D eigenvalue weighted by molar-refractivity contribution is 5.52. The van der Waals surface area contributed by atoms with Gasteiger partial charge in [0.05, 0.1) is 12.3 Å². The van der Waals surface area contributed by atoms with Crippen molar-refractivity contribution < 1.29 is 9.47 Å². The van der Waals surface area contributed by atoms with E-state index in [-0.39, 0.29) is 6.01 Å². The molecule has 0 saturated heterocycles. The topological polar surface area (TPSA) is 70.3 Å². The summed E-state index contributed by atoms with van der Waals surface area (Å²) in [7, 11) is 0. The van der Waals surface area contributed by atoms with Crippen LogP contribution in [0.15, 0.2) is 36.5 Å². The summed E-state index contributed by atoms with van der Waals surface area (Å²) in [5.41, 5.74) is 6.29. The number of aromatic nitrogens is 2. The molecule has 0 unspecified atom stereocenters. The fraction of sp³-hybridized carbons (Fsp3) is 0.167. The molecule has 0 atom stereocenters. The van der Waals surface area contributed by atoms with Gasteiger partial charge >= 0.3 is 6.01 Å². The average molecular weight is 231 g/mol. The maximum atomic E-state index is 5.75. The van der Waals surface area contributed by atoms with E-state index in [2.05, 4.69) is 9.97 Å². The number of benzene rings is 1. The van der Waals surface area contributed by atoms with E-state index in [0.717, 1.165) is 0 Å². The largest absolute Gasteiger partial charge is 0.478 e. The molecule has 0 aliphatic carbocycles. The van der Waals surface area contributed by atoms with Crippen molar-refractivity contribution in [3.8, 4) is 17.6 Å². The Bertz CT molecular complexity index is 503. The highest BCUT2D eigenvalue weighted by Gasteiger charge is 2.04. The first-order chi connectivity index (χ1) is 8.29. The Hall–Kier alpha value is -2.30. The number of ether oxygens (including phenoxy) is 2. The SMILES string of the molecule is CCOc1ccnc(Oc2ccccc2N)n1. The molecule has 0 saturated carbocycles. The number of para-hydroxylation sites is 2. The first-order valence-electron chi connectivity index (χ1n) is 5.28. The minimum Gasteiger partial charge on any atom is -0.478 e. The second-order valence-electron chi connectivity index (χ2n) is 3.25. The molecule has 2 aromatic rings. The lowest BCUT2D eigenvalue weighted by atomic mass is 10.3. The van der Waals surface area contributed by atoms with Crippen molar-refractivity contribution in [2.75, 3.05) is 12.3 Å². The second kappa shape index (κ2) is 5.16. The van der Waals surface area contributed by atoms with Gasteiger partial charge in [0, 0.05) is 12.3 Å². The smallest absolute Gasteiger partial charge is 0.325 e. The minimum absolute atomic E-state index is 0.217. The predicted octanol–water partition coefficient (Wildman–Crippen LogP) is 2.25. The van der Waals surface area contributed by atoms with Crippen LogP contribution < -0.4 is 15.2 Å². The van der Waals surface area contributed by atoms with E-state index in [0.29, 0.717) is 23.9 Å². The molecule has 0 bridgehead atoms. The molecule has 88 valence electrons. The van der Waals surface area contributed by atoms with Crippen LogP contribution in [0.3, 0.4) is 0 Å². The molecular formula is C12H13N3O2. The molecule has 5 nitrogen and oxygen atoms in total. The van der Waals surface area contributed by atoms with Gasteiger partial charge in [0.1, 0.15) is 0 Å². The number of rotatable bonds is 4. The summed E-state index contributed by atoms with van der Waals surface area (Å²) in [6, 6.07) is 9.06. The molecule has 0 spiro atoms. The van der Waals surface area contributed by atoms with Crippen LogP contribution in [0.5, 0.6) is 17.6 Å². The lowest BCUT2D eigenvalue weighted by Gasteiger charge is -2.07. The van der Waals surface area contributed by atoms with Crippen LogP contribution in [-0.4, -0.2) is 16.6 Å². The quantitative estimate of drug-likeness (QED) is 0.817. The Balaban J connectivity index is 2.18. The van der Waals surface area contributed by atoms with Gasteiger partial charge in [0.25, 0.3) is 0 Å². The van der Waals surface area contributed by atoms with Crippen LogP contribution in [-0.2, 0) is 0 Å². The summed E-state index contributed by atoms with van der Waals surface area (Å²) in [5, 5.41) is 0. The predicted molar refractivity (Wildman–Crippen MR) is 64.1 cm³/mol. The normalized spacial score (nSPS) is 9.94. The van der Waals surface area contributed by atoms with Crippen LogP contribution in [0.4, 0.5) is 5.69 Å². The summed E-state index contributed by atoms with van der Waals surface area (Å²) in [5.74, 6) is 1.01. The van der Waals surface area contributed by atoms with E-state index in [1.165, 1.54) is 0 Å². The van der Waals surface area contributed by atoms with Crippen LogP contribution in [0.25, 0.3) is 0 Å². The second-order valence-corrected chi connectivity index (χ2v) is 3.25. The van der Waals surface area contributed by atoms with Crippen molar-refractivity contribution in [2.45, 2.75) is 6.92 Å². The summed E-state index contributed by atoms with van der Waals surface area (Å²) in [6.45, 7) is 2.43. The van der Waals surface area contributed by atoms with Crippen LogP contribution in [0.2, 0.25) is 0 Å². The zero-order valence-corrected chi connectivity index (χ0v) is 9.46. The van der Waals surface area contributed by atoms with E-state index in [9.17, 15) is 0 Å². The van der Waals surface area contributed by atoms with Gasteiger partial charge in [0.2, 0.25) is 5.88 Å². The van der Waals surface area contributed by atoms with E-state index in [1.54, 1.807) is 24.4 Å². The van der Waals surface area contributed by atoms with E-state index in [4.69, 9.17) is 15.2 Å². The number of nitrogens with zero attached hydrogens (tertiary/aromatic N) is 2. The van der Waals surface area contributed by atoms with Gasteiger partial charge in [0.15, 0.2) is 5.75 Å². The molecule has 17 heavy (non-hydrogen) atoms. The number of nitrogen functional groups attached to an aromatic ring is 1. The lowest BCUT2D eigenvalue weighted by Crippen LogP contribution is -1.98. The zero-order valence-electron chi connectivity index (χ0n) is 9.46. The van der Waals surface area contributed by atoms with Crippen molar-refractivity contribution in [1.29, 1.82) is 0 Å². The summed E-state index contributed by atoms with van der Waals surface area (Å²) < 4.78 is 10.7. The molecule has 5 heteroatoms. The third-order valence-corrected chi connectivity index (χ3v) is 2.02. The van der Waals surface area contributed by atoms with Gasteiger partial charge in [-0.2, -0.15) is 4.98 Å². The van der Waals surface area contributed by atoms with Crippen molar-refractivity contribution >= 4 is 5.69 Å². The average Bonchev–Trinajstić information content (AvgIpc) is 2.33. The van der Waals surface area contributed by atoms with E-state index < -0.39 is 0 Å². The maximum absolute atomic E-state index is 5.75. The van der Waals surface area contributed by atoms with E-state index >= 15 is 0 Å². The van der Waals surface area contributed by atoms with Crippen molar-refractivity contribution in [2.24, 2.45) is 0 Å². The molecule has 0 fully saturated rings. The molecule has 0 aliphatic rings. The van der Waals surface area contributed by atoms with Crippen LogP contribution in [0.1, 0.15) is 6.92 Å². The fourth-order valence-corrected chi connectivity index (χ4v) is 1.27. The monoisotopic (exact) mass is 231 g/mol. The standard InChI is InChI=1S/C12H13N3O2/c1-2-16-11-7-8-14-12(15-11)17-10-6-4-3-5-9(10)13/h3-8H,2,13H2,1H3. The fourth-order valence-electron chi connectivity index (χ4n) is 1.27. The van der Waals surface area contributed by atoms with E-state index in [1.807, 2.05) is 19.1 Å². The van der Waals surface area contributed by atoms with Gasteiger partial charge in [-0.05, 0) is 19.1 Å². The zero-order chi connectivity index (χ0) is 12.1. The highest BCUT2D eigenvalue weighted by atomic mass is 16.5. The summed E-state index contributed by atoms with van der Waals surface area (Å²) in [6.07, 6.45) is 1.58. The Morgan fingerprint density at radius 2 is 2.06 bits per heavy atom. The molecule has 0 amide bonds. The number of anilines is 1. The molecule has 1 heterocycles. The molecule has 2 N–H and O–H groups in total. The Kier molecular flexibility index (Phi) is 3.40. The van der Waals surface area contributed by atoms with Gasteiger partial charge in [-0.25, -0.2) is 4.98 Å². The van der Waals surface area contributed by atoms with Gasteiger partial charge in [-0.3, -0.25) is 0 Å². The highest BCUT2D eigenvalue weighted by Crippen LogP contribution is 2.25. The van der Waals surface area contributed by atoms with Crippen LogP contribution in [0, 0.1) is 0 Å². The number of hydrogen-bond acceptors (Lipinski definition) is 5. The first-order valence-corrected chi connectivity index (χ1v) is 5.28. The molecule has 1 aromatic heterocycles. The van der Waals surface area contributed by atoms with Gasteiger partial charge < -0.3 is 15.2 Å². The molecule has 2 rings (SSSR count). The third-order valence-electron chi connectivity index (χ3n) is 2.02. The summed E-state index contributed by atoms with van der Waals surface area (Å²) >= 11 is 0. The summed E-state index contributed by atoms with van der Waals surface area (Å²) in [4.78, 5) is 8.08. The molecule has 0 radical (unpaired) electrons. The molecule has 0 aliphatic heterocycles. The van der Waals surface area contributed by atoms with Crippen LogP contribution >= 0.6 is 0 Å². The van der Waals surface area contributed by atoms with Gasteiger partial charge in [-0.15, -0.1) is 0 Å². The third kappa shape index (κ3) is 2.84. The van der Waals surface area contributed by atoms with Crippen molar-refractivity contribution in [1.82, 2.24) is 9.97 Å². The Morgan fingerprint density at radius 3 is 2.82 bits per heavy atom. The molecule has 1 aromatic carbocycles. The number of hydrogen-bond donors (Lipinski definition) is 1. The maximum Gasteiger partial charge on any atom is 0.325 e. The minimum atomic E-state index is 0.217. The van der Waals surface area contributed by atoms with Crippen molar-refractivity contribution in [3.05, 3.63) is 36.5 Å². The Morgan fingerprint density at radius 1 is 1.24 bits per heavy atom. The van der Waals surface area contributed by atoms with Crippen molar-refractivity contribution in [3.63, 3.8) is 0 Å². The van der Waals surface area contributed by atoms with Gasteiger partial charge in [-0.1, -0.05) is 12.1 Å². The Labute approximate surface area is 99.2 Å². The number of nitrogens with two attached hydrogens (primary N) is 1. The first kappa shape index (κ1) is 11.2.